The Labute approximate surface area is 124 Å². The molecule has 0 spiro atoms. The predicted octanol–water partition coefficient (Wildman–Crippen LogP) is 1.77. The van der Waals surface area contributed by atoms with Crippen molar-refractivity contribution in [3.63, 3.8) is 0 Å². The largest absolute Gasteiger partial charge is 0.396 e. The molecule has 20 heavy (non-hydrogen) atoms. The van der Waals surface area contributed by atoms with Crippen LogP contribution in [-0.4, -0.2) is 43.8 Å². The molecule has 0 amide bonds. The predicted molar refractivity (Wildman–Crippen MR) is 82.1 cm³/mol. The molecule has 0 aliphatic carbocycles. The van der Waals surface area contributed by atoms with Gasteiger partial charge >= 0.3 is 10.2 Å². The Kier molecular flexibility index (Phi) is 5.31. The van der Waals surface area contributed by atoms with Crippen molar-refractivity contribution in [1.82, 2.24) is 4.31 Å². The lowest BCUT2D eigenvalue weighted by Gasteiger charge is -2.30. The summed E-state index contributed by atoms with van der Waals surface area (Å²) in [6.45, 7) is 1.06. The van der Waals surface area contributed by atoms with Gasteiger partial charge in [-0.05, 0) is 49.3 Å². The van der Waals surface area contributed by atoms with Gasteiger partial charge in [-0.1, -0.05) is 0 Å². The zero-order valence-corrected chi connectivity index (χ0v) is 13.1. The number of nitrogens with zero attached hydrogens (tertiary/aromatic N) is 1. The van der Waals surface area contributed by atoms with E-state index in [9.17, 15) is 8.42 Å². The van der Waals surface area contributed by atoms with Crippen LogP contribution in [0.15, 0.2) is 29.2 Å². The molecule has 1 saturated heterocycles. The third-order valence-electron chi connectivity index (χ3n) is 3.51. The summed E-state index contributed by atoms with van der Waals surface area (Å²) in [5.74, 6) is 0.224. The summed E-state index contributed by atoms with van der Waals surface area (Å²) in [5, 5.41) is 9.08. The number of hydrogen-bond donors (Lipinski definition) is 2. The van der Waals surface area contributed by atoms with Crippen LogP contribution in [0.5, 0.6) is 0 Å². The molecule has 1 aromatic carbocycles. The van der Waals surface area contributed by atoms with E-state index in [1.165, 1.54) is 4.31 Å². The molecule has 0 radical (unpaired) electrons. The molecule has 2 N–H and O–H groups in total. The number of anilines is 1. The number of piperidine rings is 1. The van der Waals surface area contributed by atoms with Crippen LogP contribution in [-0.2, 0) is 10.2 Å². The summed E-state index contributed by atoms with van der Waals surface area (Å²) in [4.78, 5) is 1.09. The Bertz CT molecular complexity index is 523. The number of aliphatic hydroxyl groups excluding tert-OH is 1. The molecule has 5 nitrogen and oxygen atoms in total. The molecule has 1 fully saturated rings. The Morgan fingerprint density at radius 3 is 2.40 bits per heavy atom. The number of nitrogens with one attached hydrogen (secondary N) is 1. The van der Waals surface area contributed by atoms with Gasteiger partial charge in [0.15, 0.2) is 0 Å². The molecule has 0 unspecified atom stereocenters. The average molecular weight is 316 g/mol. The second-order valence-corrected chi connectivity index (χ2v) is 7.41. The summed E-state index contributed by atoms with van der Waals surface area (Å²) in [7, 11) is -3.49. The second-order valence-electron chi connectivity index (χ2n) is 4.86. The second kappa shape index (κ2) is 6.80. The van der Waals surface area contributed by atoms with Crippen LogP contribution in [0.2, 0.25) is 0 Å². The maximum absolute atomic E-state index is 12.3. The van der Waals surface area contributed by atoms with Crippen LogP contribution in [0, 0.1) is 5.92 Å². The van der Waals surface area contributed by atoms with E-state index in [0.717, 1.165) is 4.90 Å². The van der Waals surface area contributed by atoms with Gasteiger partial charge < -0.3 is 5.11 Å². The van der Waals surface area contributed by atoms with Crippen LogP contribution in [0.3, 0.4) is 0 Å². The fourth-order valence-corrected chi connectivity index (χ4v) is 3.87. The first-order chi connectivity index (χ1) is 9.55. The molecule has 1 aliphatic heterocycles. The Morgan fingerprint density at radius 1 is 1.30 bits per heavy atom. The maximum Gasteiger partial charge on any atom is 0.301 e. The summed E-state index contributed by atoms with van der Waals surface area (Å²) in [6.07, 6.45) is 3.40. The average Bonchev–Trinajstić information content (AvgIpc) is 2.48. The number of benzene rings is 1. The molecule has 1 heterocycles. The SMILES string of the molecule is CSc1ccc(NS(=O)(=O)N2CCC(CO)CC2)cc1. The van der Waals surface area contributed by atoms with Gasteiger partial charge in [-0.3, -0.25) is 4.72 Å². The van der Waals surface area contributed by atoms with Gasteiger partial charge in [0.25, 0.3) is 0 Å². The van der Waals surface area contributed by atoms with Crippen molar-refractivity contribution >= 4 is 27.7 Å². The van der Waals surface area contributed by atoms with Crippen molar-refractivity contribution in [2.75, 3.05) is 30.7 Å². The monoisotopic (exact) mass is 316 g/mol. The van der Waals surface area contributed by atoms with E-state index in [0.29, 0.717) is 31.6 Å². The molecule has 112 valence electrons. The molecule has 2 rings (SSSR count). The fourth-order valence-electron chi connectivity index (χ4n) is 2.20. The standard InChI is InChI=1S/C13H20N2O3S2/c1-19-13-4-2-12(3-5-13)14-20(17,18)15-8-6-11(10-16)7-9-15/h2-5,11,14,16H,6-10H2,1H3. The Morgan fingerprint density at radius 2 is 1.90 bits per heavy atom. The van der Waals surface area contributed by atoms with Crippen LogP contribution < -0.4 is 4.72 Å². The topological polar surface area (TPSA) is 69.6 Å². The van der Waals surface area contributed by atoms with E-state index >= 15 is 0 Å². The highest BCUT2D eigenvalue weighted by atomic mass is 32.2. The van der Waals surface area contributed by atoms with Gasteiger partial charge in [-0.2, -0.15) is 12.7 Å². The van der Waals surface area contributed by atoms with E-state index in [1.54, 1.807) is 23.9 Å². The van der Waals surface area contributed by atoms with Crippen molar-refractivity contribution in [3.05, 3.63) is 24.3 Å². The maximum atomic E-state index is 12.3. The zero-order chi connectivity index (χ0) is 14.6. The Hall–Kier alpha value is -0.760. The van der Waals surface area contributed by atoms with Crippen molar-refractivity contribution in [1.29, 1.82) is 0 Å². The first-order valence-corrected chi connectivity index (χ1v) is 9.24. The molecule has 0 atom stereocenters. The first-order valence-electron chi connectivity index (χ1n) is 6.58. The lowest BCUT2D eigenvalue weighted by atomic mass is 10.00. The highest BCUT2D eigenvalue weighted by molar-refractivity contribution is 7.98. The van der Waals surface area contributed by atoms with Gasteiger partial charge in [-0.15, -0.1) is 11.8 Å². The molecular weight excluding hydrogens is 296 g/mol. The highest BCUT2D eigenvalue weighted by Gasteiger charge is 2.27. The molecule has 0 bridgehead atoms. The third-order valence-corrected chi connectivity index (χ3v) is 5.79. The minimum atomic E-state index is -3.49. The third kappa shape index (κ3) is 3.88. The Balaban J connectivity index is 2.00. The first kappa shape index (κ1) is 15.6. The molecule has 0 saturated carbocycles. The number of aliphatic hydroxyl groups is 1. The quantitative estimate of drug-likeness (QED) is 0.812. The van der Waals surface area contributed by atoms with Crippen LogP contribution >= 0.6 is 11.8 Å². The van der Waals surface area contributed by atoms with Crippen molar-refractivity contribution in [3.8, 4) is 0 Å². The lowest BCUT2D eigenvalue weighted by molar-refractivity contribution is 0.170. The van der Waals surface area contributed by atoms with Crippen molar-refractivity contribution in [2.24, 2.45) is 5.92 Å². The van der Waals surface area contributed by atoms with Gasteiger partial charge in [-0.25, -0.2) is 0 Å². The van der Waals surface area contributed by atoms with E-state index in [1.807, 2.05) is 18.4 Å². The molecular formula is C13H20N2O3S2. The minimum absolute atomic E-state index is 0.136. The molecule has 1 aromatic rings. The van der Waals surface area contributed by atoms with Gasteiger partial charge in [0, 0.05) is 30.3 Å². The minimum Gasteiger partial charge on any atom is -0.396 e. The zero-order valence-electron chi connectivity index (χ0n) is 11.4. The molecule has 1 aliphatic rings. The molecule has 0 aromatic heterocycles. The number of hydrogen-bond acceptors (Lipinski definition) is 4. The van der Waals surface area contributed by atoms with E-state index < -0.39 is 10.2 Å². The summed E-state index contributed by atoms with van der Waals surface area (Å²) in [5.41, 5.74) is 0.576. The van der Waals surface area contributed by atoms with Crippen LogP contribution in [0.25, 0.3) is 0 Å². The fraction of sp³-hybridized carbons (Fsp3) is 0.538. The van der Waals surface area contributed by atoms with Gasteiger partial charge in [0.2, 0.25) is 0 Å². The summed E-state index contributed by atoms with van der Waals surface area (Å²) >= 11 is 1.61. The summed E-state index contributed by atoms with van der Waals surface area (Å²) in [6, 6.07) is 7.31. The number of rotatable bonds is 5. The lowest BCUT2D eigenvalue weighted by Crippen LogP contribution is -2.42. The molecule has 7 heteroatoms. The van der Waals surface area contributed by atoms with Gasteiger partial charge in [0.05, 0.1) is 0 Å². The van der Waals surface area contributed by atoms with E-state index in [2.05, 4.69) is 4.72 Å². The van der Waals surface area contributed by atoms with Crippen molar-refractivity contribution < 1.29 is 13.5 Å². The van der Waals surface area contributed by atoms with Gasteiger partial charge in [0.1, 0.15) is 0 Å². The summed E-state index contributed by atoms with van der Waals surface area (Å²) < 4.78 is 28.5. The van der Waals surface area contributed by atoms with Crippen LogP contribution in [0.4, 0.5) is 5.69 Å². The van der Waals surface area contributed by atoms with Crippen LogP contribution in [0.1, 0.15) is 12.8 Å². The number of thioether (sulfide) groups is 1. The van der Waals surface area contributed by atoms with E-state index in [-0.39, 0.29) is 12.5 Å². The normalized spacial score (nSPS) is 18.1. The highest BCUT2D eigenvalue weighted by Crippen LogP contribution is 2.22. The van der Waals surface area contributed by atoms with Crippen molar-refractivity contribution in [2.45, 2.75) is 17.7 Å². The smallest absolute Gasteiger partial charge is 0.301 e. The van der Waals surface area contributed by atoms with E-state index in [4.69, 9.17) is 5.11 Å².